The third-order valence-corrected chi connectivity index (χ3v) is 3.72. The number of nitrogens with one attached hydrogen (secondary N) is 2. The first-order valence-electron chi connectivity index (χ1n) is 7.47. The summed E-state index contributed by atoms with van der Waals surface area (Å²) >= 11 is 0. The van der Waals surface area contributed by atoms with E-state index >= 15 is 0 Å². The van der Waals surface area contributed by atoms with Gasteiger partial charge in [0.05, 0.1) is 6.54 Å². The summed E-state index contributed by atoms with van der Waals surface area (Å²) in [5.41, 5.74) is 0.929. The smallest absolute Gasteiger partial charge is 0.191 e. The van der Waals surface area contributed by atoms with E-state index in [9.17, 15) is 4.39 Å². The molecule has 2 rings (SSSR count). The number of aliphatic imine (C=N–C) groups is 1. The lowest BCUT2D eigenvalue weighted by atomic mass is 10.1. The van der Waals surface area contributed by atoms with E-state index in [1.165, 1.54) is 18.6 Å². The topological polar surface area (TPSA) is 45.7 Å². The zero-order chi connectivity index (χ0) is 15.2. The lowest BCUT2D eigenvalue weighted by Crippen LogP contribution is -2.39. The van der Waals surface area contributed by atoms with Crippen molar-refractivity contribution >= 4 is 29.9 Å². The Kier molecular flexibility index (Phi) is 8.09. The van der Waals surface area contributed by atoms with Crippen molar-refractivity contribution in [2.24, 2.45) is 10.9 Å². The third kappa shape index (κ3) is 5.72. The van der Waals surface area contributed by atoms with E-state index in [1.54, 1.807) is 19.2 Å². The molecule has 1 aliphatic rings. The number of guanidine groups is 1. The summed E-state index contributed by atoms with van der Waals surface area (Å²) in [5.74, 6) is 1.29. The van der Waals surface area contributed by atoms with Crippen LogP contribution in [-0.4, -0.2) is 32.2 Å². The number of halogens is 2. The van der Waals surface area contributed by atoms with Gasteiger partial charge in [0.25, 0.3) is 0 Å². The molecule has 0 spiro atoms. The van der Waals surface area contributed by atoms with Crippen LogP contribution in [0.4, 0.5) is 4.39 Å². The molecule has 0 radical (unpaired) electrons. The van der Waals surface area contributed by atoms with Gasteiger partial charge in [0.2, 0.25) is 0 Å². The molecule has 1 fully saturated rings. The van der Waals surface area contributed by atoms with Crippen LogP contribution in [0.5, 0.6) is 0 Å². The quantitative estimate of drug-likeness (QED) is 0.422. The van der Waals surface area contributed by atoms with Crippen molar-refractivity contribution in [3.05, 3.63) is 35.6 Å². The van der Waals surface area contributed by atoms with E-state index < -0.39 is 0 Å². The van der Waals surface area contributed by atoms with Gasteiger partial charge < -0.3 is 15.4 Å². The number of methoxy groups -OCH3 is 1. The number of benzene rings is 1. The summed E-state index contributed by atoms with van der Waals surface area (Å²) < 4.78 is 18.4. The maximum absolute atomic E-state index is 13.0. The fraction of sp³-hybridized carbons (Fsp3) is 0.562. The van der Waals surface area contributed by atoms with Crippen LogP contribution in [-0.2, 0) is 4.74 Å². The Labute approximate surface area is 148 Å². The van der Waals surface area contributed by atoms with Crippen LogP contribution in [0.3, 0.4) is 0 Å². The predicted molar refractivity (Wildman–Crippen MR) is 98.2 cm³/mol. The van der Waals surface area contributed by atoms with Gasteiger partial charge in [0.1, 0.15) is 11.9 Å². The fourth-order valence-corrected chi connectivity index (χ4v) is 2.19. The van der Waals surface area contributed by atoms with Gasteiger partial charge in [-0.2, -0.15) is 0 Å². The Bertz CT molecular complexity index is 481. The molecular weight excluding hydrogens is 396 g/mol. The first-order chi connectivity index (χ1) is 10.1. The van der Waals surface area contributed by atoms with E-state index in [2.05, 4.69) is 22.5 Å². The van der Waals surface area contributed by atoms with E-state index in [0.29, 0.717) is 18.5 Å². The predicted octanol–water partition coefficient (Wildman–Crippen LogP) is 3.09. The normalized spacial score (nSPS) is 21.7. The van der Waals surface area contributed by atoms with Gasteiger partial charge in [0, 0.05) is 19.7 Å². The number of nitrogens with zero attached hydrogens (tertiary/aromatic N) is 1. The van der Waals surface area contributed by atoms with E-state index in [0.717, 1.165) is 18.1 Å². The average molecular weight is 421 g/mol. The second-order valence-corrected chi connectivity index (χ2v) is 5.46. The van der Waals surface area contributed by atoms with Crippen LogP contribution >= 0.6 is 24.0 Å². The van der Waals surface area contributed by atoms with Crippen LogP contribution in [0, 0.1) is 11.7 Å². The van der Waals surface area contributed by atoms with Crippen LogP contribution in [0.2, 0.25) is 0 Å². The van der Waals surface area contributed by atoms with Crippen molar-refractivity contribution in [3.8, 4) is 0 Å². The van der Waals surface area contributed by atoms with Gasteiger partial charge in [-0.15, -0.1) is 24.0 Å². The lowest BCUT2D eigenvalue weighted by Gasteiger charge is -2.16. The van der Waals surface area contributed by atoms with Crippen LogP contribution in [0.25, 0.3) is 0 Å². The third-order valence-electron chi connectivity index (χ3n) is 3.72. The van der Waals surface area contributed by atoms with Crippen molar-refractivity contribution in [1.82, 2.24) is 10.6 Å². The Hall–Kier alpha value is -0.890. The van der Waals surface area contributed by atoms with Crippen molar-refractivity contribution in [2.75, 3.05) is 20.2 Å². The molecule has 6 heteroatoms. The zero-order valence-electron chi connectivity index (χ0n) is 13.3. The van der Waals surface area contributed by atoms with Gasteiger partial charge in [-0.25, -0.2) is 4.39 Å². The van der Waals surface area contributed by atoms with E-state index in [-0.39, 0.29) is 35.9 Å². The zero-order valence-corrected chi connectivity index (χ0v) is 15.6. The second-order valence-electron chi connectivity index (χ2n) is 5.46. The van der Waals surface area contributed by atoms with E-state index in [1.807, 2.05) is 6.92 Å². The summed E-state index contributed by atoms with van der Waals surface area (Å²) in [4.78, 5) is 4.57. The minimum absolute atomic E-state index is 0. The van der Waals surface area contributed by atoms with E-state index in [4.69, 9.17) is 4.74 Å². The molecule has 3 unspecified atom stereocenters. The largest absolute Gasteiger partial charge is 0.375 e. The summed E-state index contributed by atoms with van der Waals surface area (Å²) in [5, 5.41) is 6.64. The molecule has 0 amide bonds. The molecule has 1 aromatic carbocycles. The average Bonchev–Trinajstić information content (AvgIpc) is 3.16. The Morgan fingerprint density at radius 1 is 1.41 bits per heavy atom. The summed E-state index contributed by atoms with van der Waals surface area (Å²) in [6.07, 6.45) is 1.02. The number of rotatable bonds is 6. The van der Waals surface area contributed by atoms with Gasteiger partial charge in [-0.1, -0.05) is 19.1 Å². The molecule has 1 saturated carbocycles. The summed E-state index contributed by atoms with van der Waals surface area (Å²) in [6, 6.07) is 6.89. The first kappa shape index (κ1) is 19.2. The van der Waals surface area contributed by atoms with Crippen LogP contribution < -0.4 is 10.6 Å². The Morgan fingerprint density at radius 3 is 2.55 bits per heavy atom. The second kappa shape index (κ2) is 9.29. The van der Waals surface area contributed by atoms with Gasteiger partial charge in [-0.3, -0.25) is 4.99 Å². The molecule has 0 heterocycles. The Morgan fingerprint density at radius 2 is 2.05 bits per heavy atom. The standard InChI is InChI=1S/C16H24FN3O.HI/c1-4-18-16(20-14-9-11(14)2)19-10-15(21-3)12-5-7-13(17)8-6-12;/h5-8,11,14-15H,4,9-10H2,1-3H3,(H2,18,19,20);1H. The monoisotopic (exact) mass is 421 g/mol. The lowest BCUT2D eigenvalue weighted by molar-refractivity contribution is 0.111. The van der Waals surface area contributed by atoms with Crippen molar-refractivity contribution in [2.45, 2.75) is 32.4 Å². The highest BCUT2D eigenvalue weighted by molar-refractivity contribution is 14.0. The molecule has 4 nitrogen and oxygen atoms in total. The van der Waals surface area contributed by atoms with Gasteiger partial charge >= 0.3 is 0 Å². The van der Waals surface area contributed by atoms with Gasteiger partial charge in [0.15, 0.2) is 5.96 Å². The molecule has 1 aliphatic carbocycles. The minimum atomic E-state index is -0.241. The molecule has 1 aromatic rings. The Balaban J connectivity index is 0.00000242. The molecular formula is C16H25FIN3O. The van der Waals surface area contributed by atoms with Crippen molar-refractivity contribution in [1.29, 1.82) is 0 Å². The summed E-state index contributed by atoms with van der Waals surface area (Å²) in [7, 11) is 1.65. The molecule has 0 aliphatic heterocycles. The molecule has 3 atom stereocenters. The maximum atomic E-state index is 13.0. The molecule has 0 aromatic heterocycles. The number of ether oxygens (including phenoxy) is 1. The van der Waals surface area contributed by atoms with Crippen LogP contribution in [0.1, 0.15) is 31.9 Å². The highest BCUT2D eigenvalue weighted by Gasteiger charge is 2.33. The van der Waals surface area contributed by atoms with Crippen LogP contribution in [0.15, 0.2) is 29.3 Å². The summed E-state index contributed by atoms with van der Waals surface area (Å²) in [6.45, 7) is 5.58. The van der Waals surface area contributed by atoms with Crippen molar-refractivity contribution in [3.63, 3.8) is 0 Å². The highest BCUT2D eigenvalue weighted by atomic mass is 127. The SMILES string of the molecule is CCNC(=NCC(OC)c1ccc(F)cc1)NC1CC1C.I. The fourth-order valence-electron chi connectivity index (χ4n) is 2.19. The molecule has 22 heavy (non-hydrogen) atoms. The van der Waals surface area contributed by atoms with Crippen molar-refractivity contribution < 1.29 is 9.13 Å². The molecule has 124 valence electrons. The number of hydrogen-bond donors (Lipinski definition) is 2. The molecule has 0 saturated heterocycles. The number of hydrogen-bond acceptors (Lipinski definition) is 2. The highest BCUT2D eigenvalue weighted by Crippen LogP contribution is 2.28. The first-order valence-corrected chi connectivity index (χ1v) is 7.47. The maximum Gasteiger partial charge on any atom is 0.191 e. The molecule has 2 N–H and O–H groups in total. The molecule has 0 bridgehead atoms. The van der Waals surface area contributed by atoms with Gasteiger partial charge in [-0.05, 0) is 37.0 Å². The minimum Gasteiger partial charge on any atom is -0.375 e.